The van der Waals surface area contributed by atoms with Gasteiger partial charge in [0.2, 0.25) is 11.8 Å². The van der Waals surface area contributed by atoms with E-state index in [1.807, 2.05) is 18.2 Å². The quantitative estimate of drug-likeness (QED) is 0.842. The molecule has 0 bridgehead atoms. The van der Waals surface area contributed by atoms with E-state index in [4.69, 9.17) is 0 Å². The van der Waals surface area contributed by atoms with E-state index in [0.29, 0.717) is 18.7 Å². The molecule has 1 aliphatic rings. The highest BCUT2D eigenvalue weighted by Crippen LogP contribution is 2.29. The fourth-order valence-corrected chi connectivity index (χ4v) is 3.28. The molecule has 1 N–H and O–H groups in total. The molecule has 2 amide bonds. The van der Waals surface area contributed by atoms with E-state index >= 15 is 0 Å². The van der Waals surface area contributed by atoms with Crippen molar-refractivity contribution >= 4 is 35.0 Å². The van der Waals surface area contributed by atoms with Crippen LogP contribution in [0.3, 0.4) is 0 Å². The van der Waals surface area contributed by atoms with Gasteiger partial charge in [0.1, 0.15) is 5.82 Å². The zero-order valence-corrected chi connectivity index (χ0v) is 13.8. The molecular weight excluding hydrogens is 327 g/mol. The van der Waals surface area contributed by atoms with Crippen molar-refractivity contribution in [3.8, 4) is 0 Å². The number of benzene rings is 2. The Morgan fingerprint density at radius 3 is 2.62 bits per heavy atom. The van der Waals surface area contributed by atoms with Crippen LogP contribution in [0.15, 0.2) is 53.4 Å². The van der Waals surface area contributed by atoms with Crippen LogP contribution in [0.2, 0.25) is 0 Å². The number of carbonyl (C=O) groups excluding carboxylic acids is 2. The number of hydrogen-bond acceptors (Lipinski definition) is 3. The molecule has 4 nitrogen and oxygen atoms in total. The van der Waals surface area contributed by atoms with Crippen molar-refractivity contribution in [3.05, 3.63) is 54.3 Å². The third kappa shape index (κ3) is 3.94. The lowest BCUT2D eigenvalue weighted by Gasteiger charge is -2.19. The number of thioether (sulfide) groups is 1. The van der Waals surface area contributed by atoms with Gasteiger partial charge in [0.15, 0.2) is 0 Å². The zero-order chi connectivity index (χ0) is 16.9. The van der Waals surface area contributed by atoms with Gasteiger partial charge in [-0.2, -0.15) is 0 Å². The molecule has 2 aromatic carbocycles. The van der Waals surface area contributed by atoms with Gasteiger partial charge in [0.05, 0.1) is 17.1 Å². The van der Waals surface area contributed by atoms with Gasteiger partial charge < -0.3 is 10.2 Å². The summed E-state index contributed by atoms with van der Waals surface area (Å²) in [4.78, 5) is 26.7. The predicted octanol–water partition coefficient (Wildman–Crippen LogP) is 3.68. The van der Waals surface area contributed by atoms with Crippen LogP contribution in [-0.2, 0) is 9.59 Å². The predicted molar refractivity (Wildman–Crippen MR) is 93.8 cm³/mol. The minimum atomic E-state index is -0.298. The average Bonchev–Trinajstić information content (AvgIpc) is 3.01. The van der Waals surface area contributed by atoms with Gasteiger partial charge in [-0.05, 0) is 42.8 Å². The maximum atomic E-state index is 12.9. The fourth-order valence-electron chi connectivity index (χ4n) is 2.58. The summed E-state index contributed by atoms with van der Waals surface area (Å²) in [5, 5.41) is 2.86. The number of rotatable bonds is 5. The summed E-state index contributed by atoms with van der Waals surface area (Å²) < 4.78 is 12.9. The van der Waals surface area contributed by atoms with Crippen molar-refractivity contribution in [2.45, 2.75) is 17.7 Å². The van der Waals surface area contributed by atoms with Gasteiger partial charge >= 0.3 is 0 Å². The van der Waals surface area contributed by atoms with Crippen LogP contribution in [0.4, 0.5) is 15.8 Å². The highest BCUT2D eigenvalue weighted by molar-refractivity contribution is 8.00. The molecule has 0 aliphatic carbocycles. The van der Waals surface area contributed by atoms with Crippen molar-refractivity contribution in [1.29, 1.82) is 0 Å². The van der Waals surface area contributed by atoms with Crippen LogP contribution in [-0.4, -0.2) is 24.1 Å². The molecule has 2 aromatic rings. The summed E-state index contributed by atoms with van der Waals surface area (Å²) >= 11 is 1.34. The number of hydrogen-bond donors (Lipinski definition) is 1. The number of nitrogens with one attached hydrogen (secondary N) is 1. The van der Waals surface area contributed by atoms with Gasteiger partial charge in [0.25, 0.3) is 0 Å². The molecule has 0 unspecified atom stereocenters. The number of carbonyl (C=O) groups is 2. The lowest BCUT2D eigenvalue weighted by atomic mass is 10.2. The summed E-state index contributed by atoms with van der Waals surface area (Å²) in [6.07, 6.45) is 1.38. The second-order valence-corrected chi connectivity index (χ2v) is 6.51. The molecule has 6 heteroatoms. The molecule has 1 heterocycles. The normalized spacial score (nSPS) is 14.0. The van der Waals surface area contributed by atoms with Gasteiger partial charge in [-0.1, -0.05) is 12.1 Å². The third-order valence-corrected chi connectivity index (χ3v) is 4.74. The molecule has 0 radical (unpaired) electrons. The van der Waals surface area contributed by atoms with Crippen LogP contribution in [0.1, 0.15) is 12.8 Å². The van der Waals surface area contributed by atoms with Crippen molar-refractivity contribution in [2.75, 3.05) is 22.5 Å². The Bertz CT molecular complexity index is 749. The van der Waals surface area contributed by atoms with E-state index in [2.05, 4.69) is 5.32 Å². The van der Waals surface area contributed by atoms with Crippen molar-refractivity contribution in [1.82, 2.24) is 0 Å². The van der Waals surface area contributed by atoms with Crippen molar-refractivity contribution in [3.63, 3.8) is 0 Å². The molecule has 0 spiro atoms. The Balaban J connectivity index is 1.64. The fraction of sp³-hybridized carbons (Fsp3) is 0.222. The van der Waals surface area contributed by atoms with E-state index in [-0.39, 0.29) is 23.4 Å². The van der Waals surface area contributed by atoms with Crippen LogP contribution < -0.4 is 10.2 Å². The second-order valence-electron chi connectivity index (χ2n) is 5.46. The summed E-state index contributed by atoms with van der Waals surface area (Å²) in [6, 6.07) is 13.3. The lowest BCUT2D eigenvalue weighted by Crippen LogP contribution is -2.25. The Hall–Kier alpha value is -2.34. The molecule has 24 heavy (non-hydrogen) atoms. The Morgan fingerprint density at radius 1 is 1.17 bits per heavy atom. The minimum Gasteiger partial charge on any atom is -0.324 e. The van der Waals surface area contributed by atoms with Gasteiger partial charge in [-0.3, -0.25) is 9.59 Å². The largest absolute Gasteiger partial charge is 0.324 e. The first-order chi connectivity index (χ1) is 11.6. The van der Waals surface area contributed by atoms with Gasteiger partial charge in [0, 0.05) is 17.9 Å². The molecule has 0 aromatic heterocycles. The minimum absolute atomic E-state index is 0.0809. The molecule has 1 saturated heterocycles. The summed E-state index contributed by atoms with van der Waals surface area (Å²) in [5.74, 6) is -0.165. The number of anilines is 2. The number of para-hydroxylation sites is 2. The van der Waals surface area contributed by atoms with Crippen LogP contribution in [0, 0.1) is 5.82 Å². The maximum absolute atomic E-state index is 12.9. The summed E-state index contributed by atoms with van der Waals surface area (Å²) in [5.41, 5.74) is 1.37. The molecule has 124 valence electrons. The van der Waals surface area contributed by atoms with E-state index in [9.17, 15) is 14.0 Å². The highest BCUT2D eigenvalue weighted by Gasteiger charge is 2.24. The van der Waals surface area contributed by atoms with Gasteiger partial charge in [-0.25, -0.2) is 4.39 Å². The van der Waals surface area contributed by atoms with E-state index in [1.165, 1.54) is 23.9 Å². The molecule has 0 atom stereocenters. The SMILES string of the molecule is O=C(CSc1ccc(F)cc1)Nc1ccccc1N1CCCC1=O. The van der Waals surface area contributed by atoms with Crippen LogP contribution in [0.25, 0.3) is 0 Å². The number of amides is 2. The average molecular weight is 344 g/mol. The van der Waals surface area contributed by atoms with Crippen LogP contribution in [0.5, 0.6) is 0 Å². The second kappa shape index (κ2) is 7.49. The third-order valence-electron chi connectivity index (χ3n) is 3.73. The maximum Gasteiger partial charge on any atom is 0.234 e. The zero-order valence-electron chi connectivity index (χ0n) is 13.0. The Kier molecular flexibility index (Phi) is 5.15. The van der Waals surface area contributed by atoms with E-state index < -0.39 is 0 Å². The number of halogens is 1. The van der Waals surface area contributed by atoms with Crippen LogP contribution >= 0.6 is 11.8 Å². The first-order valence-corrected chi connectivity index (χ1v) is 8.69. The summed E-state index contributed by atoms with van der Waals surface area (Å²) in [6.45, 7) is 0.677. The number of nitrogens with zero attached hydrogens (tertiary/aromatic N) is 1. The monoisotopic (exact) mass is 344 g/mol. The standard InChI is InChI=1S/C18H17FN2O2S/c19-13-7-9-14(10-8-13)24-12-17(22)20-15-4-1-2-5-16(15)21-11-3-6-18(21)23/h1-2,4-5,7-10H,3,6,11-12H2,(H,20,22). The smallest absolute Gasteiger partial charge is 0.234 e. The lowest BCUT2D eigenvalue weighted by molar-refractivity contribution is -0.117. The molecule has 1 fully saturated rings. The molecular formula is C18H17FN2O2S. The van der Waals surface area contributed by atoms with Crippen molar-refractivity contribution in [2.24, 2.45) is 0 Å². The Morgan fingerprint density at radius 2 is 1.92 bits per heavy atom. The van der Waals surface area contributed by atoms with E-state index in [1.54, 1.807) is 23.1 Å². The molecule has 3 rings (SSSR count). The Labute approximate surface area is 144 Å². The topological polar surface area (TPSA) is 49.4 Å². The molecule has 0 saturated carbocycles. The van der Waals surface area contributed by atoms with Crippen molar-refractivity contribution < 1.29 is 14.0 Å². The molecule has 1 aliphatic heterocycles. The van der Waals surface area contributed by atoms with Gasteiger partial charge in [-0.15, -0.1) is 11.8 Å². The highest BCUT2D eigenvalue weighted by atomic mass is 32.2. The first kappa shape index (κ1) is 16.5. The van der Waals surface area contributed by atoms with E-state index in [0.717, 1.165) is 17.0 Å². The first-order valence-electron chi connectivity index (χ1n) is 7.71. The summed E-state index contributed by atoms with van der Waals surface area (Å²) in [7, 11) is 0.